The van der Waals surface area contributed by atoms with Crippen LogP contribution >= 0.6 is 7.52 Å². The molecule has 0 saturated heterocycles. The zero-order valence-electron chi connectivity index (χ0n) is 23.1. The largest absolute Gasteiger partial charge is 0.464 e. The lowest BCUT2D eigenvalue weighted by molar-refractivity contribution is -0.150. The van der Waals surface area contributed by atoms with Gasteiger partial charge in [-0.05, 0) is 41.0 Å². The fourth-order valence-electron chi connectivity index (χ4n) is 3.58. The first kappa shape index (κ1) is 31.6. The molecule has 214 valence electrons. The predicted octanol–water partition coefficient (Wildman–Crippen LogP) is 3.42. The SMILES string of the molecule is CCCCCCOC(=O)C(C)(C)NP(=O)(CO[C@H](C)Cn1cnc2c(N)ncnc21)O[C@@H](C)C(=O)OCC. The van der Waals surface area contributed by atoms with Gasteiger partial charge in [0.05, 0.1) is 32.2 Å². The van der Waals surface area contributed by atoms with Crippen LogP contribution in [0.25, 0.3) is 11.2 Å². The first-order valence-electron chi connectivity index (χ1n) is 12.9. The van der Waals surface area contributed by atoms with E-state index >= 15 is 0 Å². The number of fused-ring (bicyclic) bond motifs is 1. The summed E-state index contributed by atoms with van der Waals surface area (Å²) in [5.41, 5.74) is 5.47. The van der Waals surface area contributed by atoms with E-state index in [0.717, 1.165) is 25.7 Å². The molecule has 0 aliphatic carbocycles. The van der Waals surface area contributed by atoms with E-state index in [-0.39, 0.29) is 19.0 Å². The molecule has 0 aliphatic heterocycles. The Morgan fingerprint density at radius 1 is 1.13 bits per heavy atom. The Labute approximate surface area is 223 Å². The molecule has 38 heavy (non-hydrogen) atoms. The van der Waals surface area contributed by atoms with Gasteiger partial charge in [0.25, 0.3) is 7.52 Å². The number of imidazole rings is 1. The number of carbonyl (C=O) groups excluding carboxylic acids is 2. The van der Waals surface area contributed by atoms with Gasteiger partial charge in [-0.3, -0.25) is 9.36 Å². The number of carbonyl (C=O) groups is 2. The highest BCUT2D eigenvalue weighted by Crippen LogP contribution is 2.46. The fourth-order valence-corrected chi connectivity index (χ4v) is 5.75. The molecule has 2 heterocycles. The number of anilines is 1. The Bertz CT molecular complexity index is 1110. The van der Waals surface area contributed by atoms with Gasteiger partial charge in [0.1, 0.15) is 23.7 Å². The minimum absolute atomic E-state index is 0.139. The number of aromatic nitrogens is 4. The second kappa shape index (κ2) is 14.5. The van der Waals surface area contributed by atoms with Crippen molar-refractivity contribution in [1.29, 1.82) is 0 Å². The first-order valence-corrected chi connectivity index (χ1v) is 14.7. The zero-order valence-corrected chi connectivity index (χ0v) is 24.0. The van der Waals surface area contributed by atoms with Gasteiger partial charge in [0, 0.05) is 0 Å². The molecule has 3 atom stereocenters. The van der Waals surface area contributed by atoms with Crippen LogP contribution in [0.5, 0.6) is 0 Å². The van der Waals surface area contributed by atoms with Gasteiger partial charge in [0.15, 0.2) is 17.6 Å². The van der Waals surface area contributed by atoms with Crippen LogP contribution in [0.3, 0.4) is 0 Å². The summed E-state index contributed by atoms with van der Waals surface area (Å²) in [5, 5.41) is 2.77. The van der Waals surface area contributed by atoms with Crippen LogP contribution in [-0.2, 0) is 39.4 Å². The fraction of sp³-hybridized carbons (Fsp3) is 0.708. The second-order valence-corrected chi connectivity index (χ2v) is 11.6. The van der Waals surface area contributed by atoms with Gasteiger partial charge < -0.3 is 29.0 Å². The van der Waals surface area contributed by atoms with Crippen molar-refractivity contribution in [3.63, 3.8) is 0 Å². The maximum absolute atomic E-state index is 13.9. The van der Waals surface area contributed by atoms with E-state index in [2.05, 4.69) is 27.0 Å². The van der Waals surface area contributed by atoms with E-state index in [1.54, 1.807) is 24.7 Å². The molecule has 1 unspecified atom stereocenters. The Morgan fingerprint density at radius 2 is 1.87 bits per heavy atom. The summed E-state index contributed by atoms with van der Waals surface area (Å²) in [6, 6.07) is 0. The highest BCUT2D eigenvalue weighted by Gasteiger charge is 2.40. The van der Waals surface area contributed by atoms with Crippen LogP contribution in [0.2, 0.25) is 0 Å². The average molecular weight is 557 g/mol. The molecule has 3 N–H and O–H groups in total. The van der Waals surface area contributed by atoms with E-state index in [1.165, 1.54) is 27.1 Å². The third-order valence-corrected chi connectivity index (χ3v) is 7.60. The summed E-state index contributed by atoms with van der Waals surface area (Å²) in [7, 11) is -3.92. The van der Waals surface area contributed by atoms with Crippen LogP contribution in [-0.4, -0.2) is 68.8 Å². The maximum Gasteiger partial charge on any atom is 0.335 e. The van der Waals surface area contributed by atoms with E-state index in [1.807, 2.05) is 0 Å². The van der Waals surface area contributed by atoms with Crippen molar-refractivity contribution >= 4 is 36.4 Å². The molecule has 13 nitrogen and oxygen atoms in total. The first-order chi connectivity index (χ1) is 17.9. The average Bonchev–Trinajstić information content (AvgIpc) is 3.26. The van der Waals surface area contributed by atoms with E-state index in [4.69, 9.17) is 24.5 Å². The van der Waals surface area contributed by atoms with Gasteiger partial charge in [-0.2, -0.15) is 0 Å². The molecule has 0 aromatic carbocycles. The smallest absolute Gasteiger partial charge is 0.335 e. The lowest BCUT2D eigenvalue weighted by atomic mass is 10.1. The van der Waals surface area contributed by atoms with Crippen LogP contribution < -0.4 is 10.8 Å². The van der Waals surface area contributed by atoms with Gasteiger partial charge in [-0.25, -0.2) is 24.8 Å². The number of rotatable bonds is 17. The Balaban J connectivity index is 2.10. The van der Waals surface area contributed by atoms with Gasteiger partial charge in [-0.1, -0.05) is 26.2 Å². The number of hydrogen-bond acceptors (Lipinski definition) is 11. The van der Waals surface area contributed by atoms with Crippen molar-refractivity contribution in [2.24, 2.45) is 0 Å². The van der Waals surface area contributed by atoms with E-state index in [9.17, 15) is 14.2 Å². The maximum atomic E-state index is 13.9. The molecular formula is C24H41N6O7P. The molecule has 0 bridgehead atoms. The molecule has 0 aliphatic rings. The number of nitrogens with two attached hydrogens (primary N) is 1. The lowest BCUT2D eigenvalue weighted by Crippen LogP contribution is -2.47. The molecule has 0 amide bonds. The highest BCUT2D eigenvalue weighted by molar-refractivity contribution is 7.56. The standard InChI is InChI=1S/C24H41N6O7P/c1-7-9-10-11-12-35-23(32)24(5,6)29-38(33,37-18(4)22(31)34-8-2)16-36-17(3)13-30-15-28-19-20(25)26-14-27-21(19)30/h14-15,17-18H,7-13,16H2,1-6H3,(H,29,33)(H2,25,26,27)/t17-,18+,38?/m1/s1. The molecule has 0 spiro atoms. The summed E-state index contributed by atoms with van der Waals surface area (Å²) in [6.07, 6.45) is 4.66. The van der Waals surface area contributed by atoms with Crippen molar-refractivity contribution in [1.82, 2.24) is 24.6 Å². The third kappa shape index (κ3) is 9.30. The zero-order chi connectivity index (χ0) is 28.3. The molecule has 0 saturated carbocycles. The number of nitrogens with zero attached hydrogens (tertiary/aromatic N) is 4. The molecule has 0 radical (unpaired) electrons. The Hall–Kier alpha value is -2.60. The quantitative estimate of drug-likeness (QED) is 0.166. The number of unbranched alkanes of at least 4 members (excludes halogenated alkanes) is 3. The Morgan fingerprint density at radius 3 is 2.55 bits per heavy atom. The molecule has 2 rings (SSSR count). The molecule has 0 fully saturated rings. The summed E-state index contributed by atoms with van der Waals surface area (Å²) in [5.74, 6) is -1.00. The minimum atomic E-state index is -3.92. The minimum Gasteiger partial charge on any atom is -0.464 e. The summed E-state index contributed by atoms with van der Waals surface area (Å²) >= 11 is 0. The van der Waals surface area contributed by atoms with Gasteiger partial charge >= 0.3 is 11.9 Å². The topological polar surface area (TPSA) is 170 Å². The molecule has 2 aromatic heterocycles. The van der Waals surface area contributed by atoms with Crippen molar-refractivity contribution in [3.05, 3.63) is 12.7 Å². The number of hydrogen-bond donors (Lipinski definition) is 2. The highest BCUT2D eigenvalue weighted by atomic mass is 31.2. The number of esters is 2. The summed E-state index contributed by atoms with van der Waals surface area (Å²) in [4.78, 5) is 37.3. The Kier molecular flexibility index (Phi) is 12.1. The molecular weight excluding hydrogens is 515 g/mol. The number of ether oxygens (including phenoxy) is 3. The van der Waals surface area contributed by atoms with Crippen LogP contribution in [0.1, 0.15) is 67.2 Å². The normalized spacial score (nSPS) is 15.1. The van der Waals surface area contributed by atoms with Crippen molar-refractivity contribution in [2.45, 2.75) is 91.5 Å². The van der Waals surface area contributed by atoms with Crippen molar-refractivity contribution in [2.75, 3.05) is 25.3 Å². The van der Waals surface area contributed by atoms with Gasteiger partial charge in [0.2, 0.25) is 0 Å². The third-order valence-electron chi connectivity index (χ3n) is 5.55. The van der Waals surface area contributed by atoms with Crippen molar-refractivity contribution in [3.8, 4) is 0 Å². The predicted molar refractivity (Wildman–Crippen MR) is 142 cm³/mol. The van der Waals surface area contributed by atoms with Crippen molar-refractivity contribution < 1.29 is 32.9 Å². The second-order valence-electron chi connectivity index (χ2n) is 9.54. The summed E-state index contributed by atoms with van der Waals surface area (Å²) in [6.45, 7) is 10.7. The molecule has 14 heteroatoms. The number of nitrogen functional groups attached to an aromatic ring is 1. The van der Waals surface area contributed by atoms with Gasteiger partial charge in [-0.15, -0.1) is 0 Å². The van der Waals surface area contributed by atoms with Crippen LogP contribution in [0.15, 0.2) is 12.7 Å². The van der Waals surface area contributed by atoms with E-state index < -0.39 is 43.6 Å². The lowest BCUT2D eigenvalue weighted by Gasteiger charge is -2.31. The van der Waals surface area contributed by atoms with E-state index in [0.29, 0.717) is 17.7 Å². The summed E-state index contributed by atoms with van der Waals surface area (Å²) < 4.78 is 37.5. The number of nitrogens with one attached hydrogen (secondary N) is 1. The van der Waals surface area contributed by atoms with Crippen LogP contribution in [0.4, 0.5) is 5.82 Å². The van der Waals surface area contributed by atoms with Crippen LogP contribution in [0, 0.1) is 0 Å². The monoisotopic (exact) mass is 556 g/mol. The molecule has 2 aromatic rings.